The molecule has 0 amide bonds. The Morgan fingerprint density at radius 3 is 2.36 bits per heavy atom. The smallest absolute Gasteiger partial charge is 0.325 e. The third-order valence-electron chi connectivity index (χ3n) is 1.75. The van der Waals surface area contributed by atoms with Crippen LogP contribution in [0.3, 0.4) is 0 Å². The van der Waals surface area contributed by atoms with Crippen molar-refractivity contribution in [1.82, 2.24) is 0 Å². The summed E-state index contributed by atoms with van der Waals surface area (Å²) in [4.78, 5) is 10.8. The lowest BCUT2D eigenvalue weighted by Crippen LogP contribution is -2.19. The van der Waals surface area contributed by atoms with Crippen molar-refractivity contribution in [3.05, 3.63) is 29.8 Å². The summed E-state index contributed by atoms with van der Waals surface area (Å²) in [6, 6.07) is 7.23. The standard InChI is InChI=1S/C10H14N2O2/c11-6-5-8-1-3-9(4-2-8)14-10(13)7-12/h1-4H,5-7,11-12H2. The molecule has 4 heteroatoms. The van der Waals surface area contributed by atoms with E-state index < -0.39 is 5.97 Å². The molecule has 0 spiro atoms. The third kappa shape index (κ3) is 3.16. The predicted molar refractivity (Wildman–Crippen MR) is 53.9 cm³/mol. The molecule has 1 rings (SSSR count). The first-order chi connectivity index (χ1) is 6.76. The molecule has 0 radical (unpaired) electrons. The maximum Gasteiger partial charge on any atom is 0.325 e. The molecular weight excluding hydrogens is 180 g/mol. The minimum Gasteiger partial charge on any atom is -0.426 e. The Morgan fingerprint density at radius 1 is 1.21 bits per heavy atom. The zero-order chi connectivity index (χ0) is 10.4. The zero-order valence-corrected chi connectivity index (χ0v) is 7.90. The van der Waals surface area contributed by atoms with Gasteiger partial charge in [-0.3, -0.25) is 4.79 Å². The van der Waals surface area contributed by atoms with Crippen LogP contribution < -0.4 is 16.2 Å². The first-order valence-electron chi connectivity index (χ1n) is 4.46. The molecule has 0 aliphatic heterocycles. The first-order valence-corrected chi connectivity index (χ1v) is 4.46. The average Bonchev–Trinajstić information content (AvgIpc) is 2.21. The van der Waals surface area contributed by atoms with Crippen LogP contribution in [0.15, 0.2) is 24.3 Å². The number of hydrogen-bond acceptors (Lipinski definition) is 4. The minimum atomic E-state index is -0.434. The summed E-state index contributed by atoms with van der Waals surface area (Å²) in [6.07, 6.45) is 0.825. The summed E-state index contributed by atoms with van der Waals surface area (Å²) in [5.74, 6) is 0.0813. The monoisotopic (exact) mass is 194 g/mol. The van der Waals surface area contributed by atoms with Gasteiger partial charge in [-0.2, -0.15) is 0 Å². The van der Waals surface area contributed by atoms with Crippen molar-refractivity contribution in [3.8, 4) is 5.75 Å². The molecule has 76 valence electrons. The van der Waals surface area contributed by atoms with Crippen LogP contribution in [0.5, 0.6) is 5.75 Å². The lowest BCUT2D eigenvalue weighted by Gasteiger charge is -2.03. The number of esters is 1. The molecule has 0 bridgehead atoms. The molecule has 0 atom stereocenters. The van der Waals surface area contributed by atoms with Crippen LogP contribution in [0.1, 0.15) is 5.56 Å². The van der Waals surface area contributed by atoms with Gasteiger partial charge in [0, 0.05) is 0 Å². The minimum absolute atomic E-state index is 0.107. The Kier molecular flexibility index (Phi) is 4.10. The number of ether oxygens (including phenoxy) is 1. The third-order valence-corrected chi connectivity index (χ3v) is 1.75. The van der Waals surface area contributed by atoms with Crippen molar-refractivity contribution in [2.45, 2.75) is 6.42 Å². The second-order valence-corrected chi connectivity index (χ2v) is 2.86. The van der Waals surface area contributed by atoms with E-state index in [0.29, 0.717) is 12.3 Å². The molecular formula is C10H14N2O2. The molecule has 4 nitrogen and oxygen atoms in total. The van der Waals surface area contributed by atoms with Crippen LogP contribution in [0.2, 0.25) is 0 Å². The normalized spacial score (nSPS) is 9.86. The molecule has 14 heavy (non-hydrogen) atoms. The van der Waals surface area contributed by atoms with Crippen LogP contribution in [0, 0.1) is 0 Å². The highest BCUT2D eigenvalue weighted by Gasteiger charge is 2.00. The van der Waals surface area contributed by atoms with E-state index in [1.807, 2.05) is 12.1 Å². The quantitative estimate of drug-likeness (QED) is 0.524. The fourth-order valence-corrected chi connectivity index (χ4v) is 1.06. The number of nitrogens with two attached hydrogens (primary N) is 2. The Labute approximate surface area is 82.8 Å². The first kappa shape index (κ1) is 10.7. The van der Waals surface area contributed by atoms with E-state index in [9.17, 15) is 4.79 Å². The van der Waals surface area contributed by atoms with Gasteiger partial charge in [0.05, 0.1) is 6.54 Å². The number of hydrogen-bond donors (Lipinski definition) is 2. The van der Waals surface area contributed by atoms with E-state index in [2.05, 4.69) is 0 Å². The van der Waals surface area contributed by atoms with Gasteiger partial charge in [0.25, 0.3) is 0 Å². The van der Waals surface area contributed by atoms with Crippen LogP contribution in [-0.2, 0) is 11.2 Å². The van der Waals surface area contributed by atoms with Crippen LogP contribution in [-0.4, -0.2) is 19.1 Å². The highest BCUT2D eigenvalue weighted by atomic mass is 16.5. The van der Waals surface area contributed by atoms with Gasteiger partial charge in [0.2, 0.25) is 0 Å². The van der Waals surface area contributed by atoms with Gasteiger partial charge >= 0.3 is 5.97 Å². The molecule has 0 saturated carbocycles. The fourth-order valence-electron chi connectivity index (χ4n) is 1.06. The second kappa shape index (κ2) is 5.36. The van der Waals surface area contributed by atoms with Gasteiger partial charge in [-0.25, -0.2) is 0 Å². The van der Waals surface area contributed by atoms with Gasteiger partial charge in [0.15, 0.2) is 0 Å². The van der Waals surface area contributed by atoms with Gasteiger partial charge < -0.3 is 16.2 Å². The number of benzene rings is 1. The summed E-state index contributed by atoms with van der Waals surface area (Å²) in [5, 5.41) is 0. The summed E-state index contributed by atoms with van der Waals surface area (Å²) in [6.45, 7) is 0.506. The Morgan fingerprint density at radius 2 is 1.86 bits per heavy atom. The topological polar surface area (TPSA) is 78.3 Å². The van der Waals surface area contributed by atoms with Gasteiger partial charge in [0.1, 0.15) is 5.75 Å². The lowest BCUT2D eigenvalue weighted by atomic mass is 10.1. The maximum absolute atomic E-state index is 10.8. The summed E-state index contributed by atoms with van der Waals surface area (Å²) < 4.78 is 4.90. The molecule has 0 saturated heterocycles. The van der Waals surface area contributed by atoms with Crippen molar-refractivity contribution in [1.29, 1.82) is 0 Å². The van der Waals surface area contributed by atoms with Crippen molar-refractivity contribution in [2.75, 3.05) is 13.1 Å². The summed E-state index contributed by atoms with van der Waals surface area (Å²) in [7, 11) is 0. The van der Waals surface area contributed by atoms with Crippen LogP contribution in [0.4, 0.5) is 0 Å². The highest BCUT2D eigenvalue weighted by molar-refractivity contribution is 5.74. The molecule has 0 aromatic heterocycles. The molecule has 0 fully saturated rings. The number of carbonyl (C=O) groups is 1. The van der Waals surface area contributed by atoms with Crippen LogP contribution in [0.25, 0.3) is 0 Å². The average molecular weight is 194 g/mol. The molecule has 0 aliphatic rings. The van der Waals surface area contributed by atoms with E-state index in [1.54, 1.807) is 12.1 Å². The molecule has 4 N–H and O–H groups in total. The van der Waals surface area contributed by atoms with Gasteiger partial charge in [-0.05, 0) is 30.7 Å². The maximum atomic E-state index is 10.8. The van der Waals surface area contributed by atoms with E-state index in [4.69, 9.17) is 16.2 Å². The molecule has 0 aliphatic carbocycles. The van der Waals surface area contributed by atoms with Crippen LogP contribution >= 0.6 is 0 Å². The summed E-state index contributed by atoms with van der Waals surface area (Å²) in [5.41, 5.74) is 11.6. The van der Waals surface area contributed by atoms with Gasteiger partial charge in [-0.15, -0.1) is 0 Å². The van der Waals surface area contributed by atoms with Gasteiger partial charge in [-0.1, -0.05) is 12.1 Å². The van der Waals surface area contributed by atoms with E-state index >= 15 is 0 Å². The molecule has 1 aromatic carbocycles. The molecule has 0 heterocycles. The van der Waals surface area contributed by atoms with Crippen molar-refractivity contribution >= 4 is 5.97 Å². The summed E-state index contributed by atoms with van der Waals surface area (Å²) >= 11 is 0. The largest absolute Gasteiger partial charge is 0.426 e. The van der Waals surface area contributed by atoms with E-state index in [0.717, 1.165) is 12.0 Å². The van der Waals surface area contributed by atoms with E-state index in [-0.39, 0.29) is 6.54 Å². The SMILES string of the molecule is NCCc1ccc(OC(=O)CN)cc1. The number of carbonyl (C=O) groups excluding carboxylic acids is 1. The molecule has 0 unspecified atom stereocenters. The zero-order valence-electron chi connectivity index (χ0n) is 7.90. The molecule has 1 aromatic rings. The van der Waals surface area contributed by atoms with Crippen molar-refractivity contribution in [2.24, 2.45) is 11.5 Å². The lowest BCUT2D eigenvalue weighted by molar-refractivity contribution is -0.132. The Balaban J connectivity index is 2.59. The Bertz CT molecular complexity index is 295. The fraction of sp³-hybridized carbons (Fsp3) is 0.300. The Hall–Kier alpha value is -1.39. The van der Waals surface area contributed by atoms with Crippen molar-refractivity contribution in [3.63, 3.8) is 0 Å². The highest BCUT2D eigenvalue weighted by Crippen LogP contribution is 2.12. The van der Waals surface area contributed by atoms with Crippen molar-refractivity contribution < 1.29 is 9.53 Å². The second-order valence-electron chi connectivity index (χ2n) is 2.86. The van der Waals surface area contributed by atoms with E-state index in [1.165, 1.54) is 0 Å². The predicted octanol–water partition coefficient (Wildman–Crippen LogP) is 0.0519. The number of rotatable bonds is 4.